The van der Waals surface area contributed by atoms with Crippen molar-refractivity contribution in [3.05, 3.63) is 59.2 Å². The normalized spacial score (nSPS) is 19.0. The monoisotopic (exact) mass is 353 g/mol. The molecule has 26 heavy (non-hydrogen) atoms. The lowest BCUT2D eigenvalue weighted by atomic mass is 10.0. The molecule has 2 aliphatic rings. The Labute approximate surface area is 152 Å². The van der Waals surface area contributed by atoms with E-state index >= 15 is 0 Å². The molecular weight excluding hydrogens is 330 g/mol. The summed E-state index contributed by atoms with van der Waals surface area (Å²) in [6.45, 7) is 2.72. The maximum atomic E-state index is 12.4. The number of amides is 1. The maximum Gasteiger partial charge on any atom is 0.251 e. The molecule has 136 valence electrons. The fourth-order valence-corrected chi connectivity index (χ4v) is 3.19. The minimum Gasteiger partial charge on any atom is -0.490 e. The summed E-state index contributed by atoms with van der Waals surface area (Å²) < 4.78 is 11.2. The fraction of sp³-hybridized carbons (Fsp3) is 0.350. The molecule has 0 saturated carbocycles. The van der Waals surface area contributed by atoms with E-state index in [9.17, 15) is 4.79 Å². The summed E-state index contributed by atoms with van der Waals surface area (Å²) in [5, 5.41) is 2.96. The number of fused-ring (bicyclic) bond motifs is 1. The zero-order chi connectivity index (χ0) is 17.8. The molecule has 0 spiro atoms. The second-order valence-corrected chi connectivity index (χ2v) is 6.55. The van der Waals surface area contributed by atoms with Crippen molar-refractivity contribution >= 4 is 5.91 Å². The van der Waals surface area contributed by atoms with Crippen molar-refractivity contribution in [1.82, 2.24) is 16.2 Å². The first-order valence-electron chi connectivity index (χ1n) is 9.05. The van der Waals surface area contributed by atoms with Crippen molar-refractivity contribution in [2.45, 2.75) is 25.4 Å². The molecule has 1 atom stereocenters. The average molecular weight is 353 g/mol. The molecule has 1 unspecified atom stereocenters. The molecule has 1 fully saturated rings. The van der Waals surface area contributed by atoms with Gasteiger partial charge in [0.2, 0.25) is 0 Å². The van der Waals surface area contributed by atoms with Crippen LogP contribution in [0.15, 0.2) is 42.5 Å². The summed E-state index contributed by atoms with van der Waals surface area (Å²) in [6, 6.07) is 14.0. The van der Waals surface area contributed by atoms with Gasteiger partial charge >= 0.3 is 0 Å². The van der Waals surface area contributed by atoms with Crippen molar-refractivity contribution < 1.29 is 14.3 Å². The van der Waals surface area contributed by atoms with Gasteiger partial charge in [-0.3, -0.25) is 15.6 Å². The minimum atomic E-state index is -0.119. The van der Waals surface area contributed by atoms with Crippen molar-refractivity contribution in [3.8, 4) is 11.5 Å². The lowest BCUT2D eigenvalue weighted by molar-refractivity contribution is 0.0950. The van der Waals surface area contributed by atoms with Gasteiger partial charge < -0.3 is 14.8 Å². The minimum absolute atomic E-state index is 0.119. The predicted molar refractivity (Wildman–Crippen MR) is 98.2 cm³/mol. The first-order chi connectivity index (χ1) is 12.8. The highest BCUT2D eigenvalue weighted by molar-refractivity contribution is 5.94. The Morgan fingerprint density at radius 3 is 2.65 bits per heavy atom. The number of rotatable bonds is 4. The lowest BCUT2D eigenvalue weighted by Crippen LogP contribution is -2.24. The van der Waals surface area contributed by atoms with Crippen LogP contribution in [0, 0.1) is 0 Å². The highest BCUT2D eigenvalue weighted by atomic mass is 16.5. The van der Waals surface area contributed by atoms with Crippen molar-refractivity contribution in [3.63, 3.8) is 0 Å². The van der Waals surface area contributed by atoms with Crippen LogP contribution in [0.25, 0.3) is 0 Å². The second-order valence-electron chi connectivity index (χ2n) is 6.55. The molecule has 0 radical (unpaired) electrons. The van der Waals surface area contributed by atoms with E-state index in [1.165, 1.54) is 5.56 Å². The molecule has 3 N–H and O–H groups in total. The number of ether oxygens (including phenoxy) is 2. The van der Waals surface area contributed by atoms with Crippen LogP contribution >= 0.6 is 0 Å². The zero-order valence-electron chi connectivity index (χ0n) is 14.6. The summed E-state index contributed by atoms with van der Waals surface area (Å²) in [5.41, 5.74) is 9.30. The molecule has 1 amide bonds. The quantitative estimate of drug-likeness (QED) is 0.787. The van der Waals surface area contributed by atoms with Gasteiger partial charge in [-0.25, -0.2) is 0 Å². The molecule has 6 heteroatoms. The Balaban J connectivity index is 1.37. The number of hydrogen-bond acceptors (Lipinski definition) is 5. The molecule has 2 aliphatic heterocycles. The molecule has 0 aliphatic carbocycles. The van der Waals surface area contributed by atoms with Crippen LogP contribution in [0.5, 0.6) is 11.5 Å². The Hall–Kier alpha value is -2.57. The second kappa shape index (κ2) is 7.76. The lowest BCUT2D eigenvalue weighted by Gasteiger charge is -2.12. The highest BCUT2D eigenvalue weighted by Gasteiger charge is 2.16. The van der Waals surface area contributed by atoms with E-state index in [2.05, 4.69) is 40.4 Å². The number of carbonyl (C=O) groups excluding carboxylic acids is 1. The van der Waals surface area contributed by atoms with Gasteiger partial charge in [0, 0.05) is 31.1 Å². The van der Waals surface area contributed by atoms with Crippen LogP contribution < -0.4 is 25.6 Å². The van der Waals surface area contributed by atoms with Crippen molar-refractivity contribution in [2.24, 2.45) is 0 Å². The third-order valence-corrected chi connectivity index (χ3v) is 4.68. The van der Waals surface area contributed by atoms with Gasteiger partial charge in [0.1, 0.15) is 0 Å². The molecule has 2 heterocycles. The SMILES string of the molecule is O=C(NCc1ccc(C2CCNN2)cc1)c1ccc2c(c1)OCCCO2. The molecule has 6 nitrogen and oxygen atoms in total. The van der Waals surface area contributed by atoms with Crippen LogP contribution in [-0.2, 0) is 6.54 Å². The highest BCUT2D eigenvalue weighted by Crippen LogP contribution is 2.30. The molecule has 1 saturated heterocycles. The standard InChI is InChI=1S/C20H23N3O3/c24-20(16-6-7-18-19(12-16)26-11-1-10-25-18)21-13-14-2-4-15(5-3-14)17-8-9-22-23-17/h2-7,12,17,22-23H,1,8-11,13H2,(H,21,24). The Kier molecular flexibility index (Phi) is 5.04. The van der Waals surface area contributed by atoms with Gasteiger partial charge in [0.25, 0.3) is 5.91 Å². The summed E-state index contributed by atoms with van der Waals surface area (Å²) >= 11 is 0. The first-order valence-corrected chi connectivity index (χ1v) is 9.05. The van der Waals surface area contributed by atoms with E-state index in [4.69, 9.17) is 9.47 Å². The van der Waals surface area contributed by atoms with Crippen LogP contribution in [0.1, 0.15) is 40.4 Å². The topological polar surface area (TPSA) is 71.6 Å². The summed E-state index contributed by atoms with van der Waals surface area (Å²) in [5.74, 6) is 1.22. The van der Waals surface area contributed by atoms with E-state index in [0.29, 0.717) is 42.9 Å². The molecule has 0 bridgehead atoms. The van der Waals surface area contributed by atoms with E-state index < -0.39 is 0 Å². The van der Waals surface area contributed by atoms with E-state index in [0.717, 1.165) is 24.9 Å². The van der Waals surface area contributed by atoms with Gasteiger partial charge in [-0.05, 0) is 35.7 Å². The molecule has 4 rings (SSSR count). The van der Waals surface area contributed by atoms with Crippen LogP contribution in [0.3, 0.4) is 0 Å². The van der Waals surface area contributed by atoms with Crippen molar-refractivity contribution in [2.75, 3.05) is 19.8 Å². The number of nitrogens with one attached hydrogen (secondary N) is 3. The van der Waals surface area contributed by atoms with Gasteiger partial charge in [-0.1, -0.05) is 24.3 Å². The Morgan fingerprint density at radius 1 is 1.08 bits per heavy atom. The van der Waals surface area contributed by atoms with Gasteiger partial charge in [0.05, 0.1) is 13.2 Å². The average Bonchev–Trinajstić information content (AvgIpc) is 3.11. The summed E-state index contributed by atoms with van der Waals surface area (Å²) in [6.07, 6.45) is 1.93. The number of benzene rings is 2. The molecule has 2 aromatic rings. The van der Waals surface area contributed by atoms with Crippen LogP contribution in [0.4, 0.5) is 0 Å². The molecule has 2 aromatic carbocycles. The summed E-state index contributed by atoms with van der Waals surface area (Å²) in [4.78, 5) is 12.4. The van der Waals surface area contributed by atoms with E-state index in [1.54, 1.807) is 18.2 Å². The third kappa shape index (κ3) is 3.81. The fourth-order valence-electron chi connectivity index (χ4n) is 3.19. The first kappa shape index (κ1) is 16.9. The van der Waals surface area contributed by atoms with E-state index in [1.807, 2.05) is 0 Å². The third-order valence-electron chi connectivity index (χ3n) is 4.68. The molecule has 0 aromatic heterocycles. The molecular formula is C20H23N3O3. The largest absolute Gasteiger partial charge is 0.490 e. The van der Waals surface area contributed by atoms with Gasteiger partial charge in [-0.15, -0.1) is 0 Å². The smallest absolute Gasteiger partial charge is 0.251 e. The van der Waals surface area contributed by atoms with Crippen molar-refractivity contribution in [1.29, 1.82) is 0 Å². The number of carbonyl (C=O) groups is 1. The Bertz CT molecular complexity index is 770. The maximum absolute atomic E-state index is 12.4. The van der Waals surface area contributed by atoms with Crippen LogP contribution in [-0.4, -0.2) is 25.7 Å². The summed E-state index contributed by atoms with van der Waals surface area (Å²) in [7, 11) is 0. The predicted octanol–water partition coefficient (Wildman–Crippen LogP) is 2.32. The van der Waals surface area contributed by atoms with Gasteiger partial charge in [-0.2, -0.15) is 0 Å². The van der Waals surface area contributed by atoms with Crippen LogP contribution in [0.2, 0.25) is 0 Å². The van der Waals surface area contributed by atoms with E-state index in [-0.39, 0.29) is 5.91 Å². The Morgan fingerprint density at radius 2 is 1.88 bits per heavy atom. The number of hydrogen-bond donors (Lipinski definition) is 3. The zero-order valence-corrected chi connectivity index (χ0v) is 14.6. The number of hydrazine groups is 1. The van der Waals surface area contributed by atoms with Gasteiger partial charge in [0.15, 0.2) is 11.5 Å².